The average Bonchev–Trinajstić information content (AvgIpc) is 3.51. The maximum Gasteiger partial charge on any atom is 0.289 e. The van der Waals surface area contributed by atoms with Crippen molar-refractivity contribution in [3.8, 4) is 28.4 Å². The molecule has 2 atom stereocenters. The lowest BCUT2D eigenvalue weighted by molar-refractivity contribution is -0.134. The summed E-state index contributed by atoms with van der Waals surface area (Å²) < 4.78 is 22.4. The summed E-state index contributed by atoms with van der Waals surface area (Å²) in [7, 11) is 4.64. The zero-order valence-corrected chi connectivity index (χ0v) is 27.7. The smallest absolute Gasteiger partial charge is 0.289 e. The van der Waals surface area contributed by atoms with Gasteiger partial charge in [0.05, 0.1) is 39.3 Å². The van der Waals surface area contributed by atoms with Gasteiger partial charge in [0.25, 0.3) is 5.91 Å². The first kappa shape index (κ1) is 33.4. The number of anilines is 1. The van der Waals surface area contributed by atoms with Gasteiger partial charge in [-0.3, -0.25) is 19.2 Å². The van der Waals surface area contributed by atoms with Crippen molar-refractivity contribution < 1.29 is 33.0 Å². The van der Waals surface area contributed by atoms with Crippen molar-refractivity contribution in [2.45, 2.75) is 45.7 Å². The van der Waals surface area contributed by atoms with Crippen molar-refractivity contribution in [3.63, 3.8) is 0 Å². The number of nitrogens with zero attached hydrogens (tertiary/aromatic N) is 2. The number of nitrogens with one attached hydrogen (secondary N) is 2. The topological polar surface area (TPSA) is 140 Å². The normalized spacial score (nSPS) is 16.4. The van der Waals surface area contributed by atoms with Crippen LogP contribution in [0.1, 0.15) is 54.9 Å². The Kier molecular flexibility index (Phi) is 10.1. The molecule has 3 aromatic rings. The van der Waals surface area contributed by atoms with Gasteiger partial charge < -0.3 is 39.1 Å². The number of benzene rings is 1. The third-order valence-electron chi connectivity index (χ3n) is 8.77. The fourth-order valence-electron chi connectivity index (χ4n) is 6.39. The summed E-state index contributed by atoms with van der Waals surface area (Å²) in [5, 5.41) is 6.26. The lowest BCUT2D eigenvalue weighted by atomic mass is 9.95. The Morgan fingerprint density at radius 2 is 1.64 bits per heavy atom. The van der Waals surface area contributed by atoms with Crippen molar-refractivity contribution in [1.29, 1.82) is 0 Å². The number of rotatable bonds is 9. The van der Waals surface area contributed by atoms with E-state index in [-0.39, 0.29) is 40.5 Å². The van der Waals surface area contributed by atoms with Crippen LogP contribution in [0.3, 0.4) is 0 Å². The molecule has 1 aliphatic carbocycles. The van der Waals surface area contributed by atoms with Crippen molar-refractivity contribution >= 4 is 23.4 Å². The minimum Gasteiger partial charge on any atom is -0.493 e. The van der Waals surface area contributed by atoms with E-state index in [2.05, 4.69) is 10.6 Å². The molecule has 0 radical (unpaired) electrons. The third kappa shape index (κ3) is 6.77. The van der Waals surface area contributed by atoms with Crippen LogP contribution in [0.2, 0.25) is 0 Å². The van der Waals surface area contributed by atoms with Crippen molar-refractivity contribution in [1.82, 2.24) is 15.1 Å². The molecule has 2 aromatic carbocycles. The molecule has 0 spiro atoms. The van der Waals surface area contributed by atoms with Crippen LogP contribution in [0, 0.1) is 5.92 Å². The first-order valence-electron chi connectivity index (χ1n) is 15.7. The van der Waals surface area contributed by atoms with Crippen LogP contribution in [0.4, 0.5) is 5.69 Å². The fraction of sp³-hybridized carbons (Fsp3) is 0.429. The maximum absolute atomic E-state index is 13.9. The van der Waals surface area contributed by atoms with Crippen molar-refractivity contribution in [2.24, 2.45) is 5.92 Å². The van der Waals surface area contributed by atoms with E-state index in [1.807, 2.05) is 26.0 Å². The van der Waals surface area contributed by atoms with Crippen molar-refractivity contribution in [3.05, 3.63) is 69.8 Å². The summed E-state index contributed by atoms with van der Waals surface area (Å²) in [5.74, 6) is 0.918. The van der Waals surface area contributed by atoms with Crippen LogP contribution < -0.4 is 30.3 Å². The third-order valence-corrected chi connectivity index (χ3v) is 8.77. The molecule has 2 heterocycles. The number of hydrogen-bond donors (Lipinski definition) is 2. The number of furan rings is 1. The first-order valence-corrected chi connectivity index (χ1v) is 15.7. The van der Waals surface area contributed by atoms with Gasteiger partial charge in [-0.15, -0.1) is 0 Å². The fourth-order valence-corrected chi connectivity index (χ4v) is 6.39. The molecule has 0 bridgehead atoms. The molecule has 1 saturated heterocycles. The average molecular weight is 647 g/mol. The number of piperazine rings is 1. The van der Waals surface area contributed by atoms with Crippen LogP contribution in [-0.2, 0) is 16.0 Å². The highest BCUT2D eigenvalue weighted by Gasteiger charge is 2.33. The Morgan fingerprint density at radius 1 is 0.936 bits per heavy atom. The van der Waals surface area contributed by atoms with E-state index in [1.54, 1.807) is 42.2 Å². The maximum atomic E-state index is 13.9. The Labute approximate surface area is 274 Å². The molecule has 2 N–H and O–H groups in total. The van der Waals surface area contributed by atoms with Gasteiger partial charge in [-0.25, -0.2) is 0 Å². The molecule has 250 valence electrons. The van der Waals surface area contributed by atoms with E-state index >= 15 is 0 Å². The second-order valence-corrected chi connectivity index (χ2v) is 12.1. The van der Waals surface area contributed by atoms with E-state index in [0.717, 1.165) is 11.1 Å². The minimum atomic E-state index is -0.699. The number of amides is 3. The quantitative estimate of drug-likeness (QED) is 0.355. The van der Waals surface area contributed by atoms with Crippen LogP contribution in [0.25, 0.3) is 11.1 Å². The summed E-state index contributed by atoms with van der Waals surface area (Å²) in [6.07, 6.45) is 2.58. The zero-order chi connectivity index (χ0) is 33.8. The summed E-state index contributed by atoms with van der Waals surface area (Å²) in [6, 6.07) is 9.08. The Morgan fingerprint density at radius 3 is 2.23 bits per heavy atom. The van der Waals surface area contributed by atoms with Gasteiger partial charge in [-0.05, 0) is 65.8 Å². The van der Waals surface area contributed by atoms with Gasteiger partial charge in [0, 0.05) is 38.7 Å². The van der Waals surface area contributed by atoms with Gasteiger partial charge in [-0.2, -0.15) is 0 Å². The number of fused-ring (bicyclic) bond motifs is 3. The second kappa shape index (κ2) is 14.2. The zero-order valence-electron chi connectivity index (χ0n) is 27.7. The summed E-state index contributed by atoms with van der Waals surface area (Å²) >= 11 is 0. The number of carbonyl (C=O) groups excluding carboxylic acids is 3. The predicted molar refractivity (Wildman–Crippen MR) is 176 cm³/mol. The molecule has 0 saturated carbocycles. The second-order valence-electron chi connectivity index (χ2n) is 12.1. The Balaban J connectivity index is 1.49. The molecule has 3 amide bonds. The Hall–Kier alpha value is -5.00. The molecule has 47 heavy (non-hydrogen) atoms. The highest BCUT2D eigenvalue weighted by atomic mass is 16.5. The predicted octanol–water partition coefficient (Wildman–Crippen LogP) is 3.88. The largest absolute Gasteiger partial charge is 0.493 e. The van der Waals surface area contributed by atoms with E-state index in [0.29, 0.717) is 67.4 Å². The van der Waals surface area contributed by atoms with Gasteiger partial charge >= 0.3 is 0 Å². The van der Waals surface area contributed by atoms with Crippen LogP contribution >= 0.6 is 0 Å². The number of aryl methyl sites for hydroxylation is 1. The molecule has 2 unspecified atom stereocenters. The Bertz CT molecular complexity index is 1700. The minimum absolute atomic E-state index is 0.155. The number of ether oxygens (including phenoxy) is 3. The highest BCUT2D eigenvalue weighted by molar-refractivity contribution is 5.92. The van der Waals surface area contributed by atoms with Crippen molar-refractivity contribution in [2.75, 3.05) is 52.8 Å². The molecule has 5 rings (SSSR count). The standard InChI is InChI=1S/C35H42N4O8/c1-20(2)31(35(43)39-15-13-38(14-16-39)34(42)28-8-7-17-47-28)37-26-12-10-23-24(19-27(26)41)25(36-21(3)40)11-9-22-18-29(44-4)32(45-5)33(46-6)30(22)23/h7-8,10,12,17-20,25,31H,9,11,13-16H2,1-6H3,(H,36,40)(H,37,41). The molecular weight excluding hydrogens is 604 g/mol. The summed E-state index contributed by atoms with van der Waals surface area (Å²) in [6.45, 7) is 6.75. The van der Waals surface area contributed by atoms with Gasteiger partial charge in [0.15, 0.2) is 17.3 Å². The van der Waals surface area contributed by atoms with E-state index in [4.69, 9.17) is 18.6 Å². The van der Waals surface area contributed by atoms with Crippen LogP contribution in [-0.4, -0.2) is 81.1 Å². The lowest BCUT2D eigenvalue weighted by Gasteiger charge is -2.37. The first-order chi connectivity index (χ1) is 22.6. The molecule has 12 nitrogen and oxygen atoms in total. The monoisotopic (exact) mass is 646 g/mol. The summed E-state index contributed by atoms with van der Waals surface area (Å²) in [4.78, 5) is 56.1. The summed E-state index contributed by atoms with van der Waals surface area (Å²) in [5.41, 5.74) is 2.92. The van der Waals surface area contributed by atoms with Gasteiger partial charge in [0.1, 0.15) is 6.04 Å². The molecule has 2 aliphatic rings. The SMILES string of the molecule is COc1cc2c(c(OC)c1OC)-c1ccc(NC(C(=O)N3CCN(C(=O)c4ccco4)CC3)C(C)C)c(=O)cc1C(NC(C)=O)CC2. The lowest BCUT2D eigenvalue weighted by Crippen LogP contribution is -2.55. The molecule has 1 fully saturated rings. The van der Waals surface area contributed by atoms with Crippen LogP contribution in [0.5, 0.6) is 17.2 Å². The van der Waals surface area contributed by atoms with Gasteiger partial charge in [-0.1, -0.05) is 19.9 Å². The van der Waals surface area contributed by atoms with Gasteiger partial charge in [0.2, 0.25) is 23.0 Å². The van der Waals surface area contributed by atoms with E-state index in [9.17, 15) is 19.2 Å². The molecule has 12 heteroatoms. The number of methoxy groups -OCH3 is 3. The van der Waals surface area contributed by atoms with E-state index < -0.39 is 12.1 Å². The molecule has 1 aromatic heterocycles. The van der Waals surface area contributed by atoms with Crippen LogP contribution in [0.15, 0.2) is 51.9 Å². The number of hydrogen-bond acceptors (Lipinski definition) is 9. The molecular formula is C35H42N4O8. The highest BCUT2D eigenvalue weighted by Crippen LogP contribution is 2.50. The van der Waals surface area contributed by atoms with E-state index in [1.165, 1.54) is 26.4 Å². The molecule has 1 aliphatic heterocycles. The number of carbonyl (C=O) groups is 3.